The topological polar surface area (TPSA) is 123 Å². The predicted molar refractivity (Wildman–Crippen MR) is 125 cm³/mol. The van der Waals surface area contributed by atoms with E-state index in [1.54, 1.807) is 24.0 Å². The first-order valence-electron chi connectivity index (χ1n) is 11.1. The molecule has 0 saturated heterocycles. The van der Waals surface area contributed by atoms with Gasteiger partial charge in [-0.2, -0.15) is 5.10 Å². The van der Waals surface area contributed by atoms with Crippen molar-refractivity contribution >= 4 is 47.3 Å². The Hall–Kier alpha value is -3.28. The Bertz CT molecular complexity index is 1210. The van der Waals surface area contributed by atoms with Gasteiger partial charge in [-0.3, -0.25) is 19.2 Å². The van der Waals surface area contributed by atoms with Crippen molar-refractivity contribution in [1.29, 1.82) is 0 Å². The van der Waals surface area contributed by atoms with Crippen molar-refractivity contribution < 1.29 is 23.4 Å². The lowest BCUT2D eigenvalue weighted by Gasteiger charge is -2.22. The van der Waals surface area contributed by atoms with Crippen LogP contribution in [0.5, 0.6) is 0 Å². The maximum atomic E-state index is 13.3. The van der Waals surface area contributed by atoms with Crippen LogP contribution in [0.1, 0.15) is 51.0 Å². The molecule has 180 valence electrons. The van der Waals surface area contributed by atoms with E-state index in [-0.39, 0.29) is 49.5 Å². The normalized spacial score (nSPS) is 15.0. The summed E-state index contributed by atoms with van der Waals surface area (Å²) in [6.07, 6.45) is 9.12. The summed E-state index contributed by atoms with van der Waals surface area (Å²) in [6, 6.07) is 1.30. The van der Waals surface area contributed by atoms with Crippen LogP contribution in [0.15, 0.2) is 24.8 Å². The quantitative estimate of drug-likeness (QED) is 0.427. The molecule has 34 heavy (non-hydrogen) atoms. The van der Waals surface area contributed by atoms with Gasteiger partial charge in [0.1, 0.15) is 12.6 Å². The van der Waals surface area contributed by atoms with Gasteiger partial charge >= 0.3 is 5.97 Å². The van der Waals surface area contributed by atoms with Gasteiger partial charge in [0.15, 0.2) is 23.8 Å². The molecule has 0 spiro atoms. The maximum absolute atomic E-state index is 13.3. The second kappa shape index (κ2) is 10.3. The summed E-state index contributed by atoms with van der Waals surface area (Å²) in [7, 11) is 1.56. The summed E-state index contributed by atoms with van der Waals surface area (Å²) in [5.74, 6) is -0.782. The van der Waals surface area contributed by atoms with Crippen LogP contribution in [-0.2, 0) is 14.4 Å². The highest BCUT2D eigenvalue weighted by Crippen LogP contribution is 2.40. The minimum Gasteiger partial charge on any atom is -0.481 e. The number of hydrogen-bond acceptors (Lipinski definition) is 7. The lowest BCUT2D eigenvalue weighted by molar-refractivity contribution is -0.138. The zero-order chi connectivity index (χ0) is 24.2. The highest BCUT2D eigenvalue weighted by atomic mass is 32.2. The number of carboxylic acids is 1. The number of carbonyl (C=O) groups excluding carboxylic acids is 2. The molecule has 1 amide bonds. The van der Waals surface area contributed by atoms with Crippen molar-refractivity contribution in [2.75, 3.05) is 11.9 Å². The molecule has 12 heteroatoms. The third-order valence-corrected chi connectivity index (χ3v) is 6.77. The van der Waals surface area contributed by atoms with E-state index in [1.165, 1.54) is 21.4 Å². The summed E-state index contributed by atoms with van der Waals surface area (Å²) in [5, 5.41) is 14.8. The molecule has 1 N–H and O–H groups in total. The molecule has 10 nitrogen and oxygen atoms in total. The third-order valence-electron chi connectivity index (χ3n) is 6.33. The number of aldehydes is 1. The Morgan fingerprint density at radius 1 is 1.35 bits per heavy atom. The van der Waals surface area contributed by atoms with Gasteiger partial charge in [-0.15, -0.1) is 3.89 Å². The first-order valence-corrected chi connectivity index (χ1v) is 11.7. The van der Waals surface area contributed by atoms with Crippen LogP contribution in [0.25, 0.3) is 22.3 Å². The third kappa shape index (κ3) is 4.67. The number of carboxylic acid groups (broad SMARTS) is 1. The Balaban J connectivity index is 1.85. The Morgan fingerprint density at radius 3 is 2.79 bits per heavy atom. The highest BCUT2D eigenvalue weighted by Gasteiger charge is 2.31. The molecule has 3 aromatic heterocycles. The molecule has 0 aliphatic heterocycles. The van der Waals surface area contributed by atoms with Gasteiger partial charge in [-0.05, 0) is 24.8 Å². The summed E-state index contributed by atoms with van der Waals surface area (Å²) in [5.41, 5.74) is 1.32. The van der Waals surface area contributed by atoms with Gasteiger partial charge in [0.05, 0.1) is 23.7 Å². The lowest BCUT2D eigenvalue weighted by Crippen LogP contribution is -2.27. The zero-order valence-corrected chi connectivity index (χ0v) is 19.4. The number of rotatable bonds is 10. The maximum Gasteiger partial charge on any atom is 0.305 e. The van der Waals surface area contributed by atoms with Crippen LogP contribution in [0.4, 0.5) is 9.70 Å². The molecule has 0 aromatic carbocycles. The molecule has 3 aromatic rings. The van der Waals surface area contributed by atoms with Gasteiger partial charge in [-0.25, -0.2) is 13.9 Å². The standard InChI is InChI=1S/C22H25FN6O4S/c1-27(18(31)7-4-10-30)22-16(20-15-8-9-29(34-23)21(15)25-13-24-20)12-28(26-22)17(11-19(32)33)14-5-2-3-6-14/h8-10,12-14,17H,2-7,11H2,1H3,(H,32,33). The number of amides is 1. The van der Waals surface area contributed by atoms with Gasteiger partial charge in [0.25, 0.3) is 0 Å². The second-order valence-electron chi connectivity index (χ2n) is 8.38. The number of carbonyl (C=O) groups is 3. The van der Waals surface area contributed by atoms with Gasteiger partial charge in [-0.1, -0.05) is 12.8 Å². The van der Waals surface area contributed by atoms with Crippen molar-refractivity contribution in [3.05, 3.63) is 24.8 Å². The van der Waals surface area contributed by atoms with E-state index in [0.717, 1.165) is 25.7 Å². The number of nitrogens with zero attached hydrogens (tertiary/aromatic N) is 6. The van der Waals surface area contributed by atoms with Crippen molar-refractivity contribution in [2.45, 2.75) is 51.0 Å². The fourth-order valence-electron chi connectivity index (χ4n) is 4.63. The first kappa shape index (κ1) is 23.9. The molecular formula is C22H25FN6O4S. The van der Waals surface area contributed by atoms with Gasteiger partial charge in [0.2, 0.25) is 5.91 Å². The Kier molecular flexibility index (Phi) is 7.25. The SMILES string of the molecule is CN(C(=O)CCC=O)c1nn(C(CC(=O)O)C2CCCC2)cc1-c1ncnc2c1ccn2SF. The van der Waals surface area contributed by atoms with E-state index in [9.17, 15) is 23.4 Å². The molecule has 0 radical (unpaired) electrons. The molecule has 1 atom stereocenters. The molecule has 1 aliphatic carbocycles. The van der Waals surface area contributed by atoms with Crippen LogP contribution < -0.4 is 4.90 Å². The van der Waals surface area contributed by atoms with E-state index >= 15 is 0 Å². The zero-order valence-electron chi connectivity index (χ0n) is 18.6. The molecule has 3 heterocycles. The van der Waals surface area contributed by atoms with E-state index in [4.69, 9.17) is 0 Å². The minimum absolute atomic E-state index is 0.00977. The predicted octanol–water partition coefficient (Wildman–Crippen LogP) is 3.82. The average Bonchev–Trinajstić information content (AvgIpc) is 3.59. The minimum atomic E-state index is -0.924. The Labute approximate surface area is 199 Å². The van der Waals surface area contributed by atoms with Crippen molar-refractivity contribution in [3.8, 4) is 11.3 Å². The number of hydrogen-bond donors (Lipinski definition) is 1. The van der Waals surface area contributed by atoms with E-state index in [2.05, 4.69) is 15.1 Å². The molecule has 1 saturated carbocycles. The number of halogens is 1. The van der Waals surface area contributed by atoms with Crippen molar-refractivity contribution in [1.82, 2.24) is 23.7 Å². The van der Waals surface area contributed by atoms with E-state index in [0.29, 0.717) is 34.4 Å². The molecule has 1 fully saturated rings. The molecule has 1 unspecified atom stereocenters. The molecule has 1 aliphatic rings. The number of anilines is 1. The van der Waals surface area contributed by atoms with Crippen LogP contribution in [0.3, 0.4) is 0 Å². The summed E-state index contributed by atoms with van der Waals surface area (Å²) < 4.78 is 16.2. The van der Waals surface area contributed by atoms with Crippen LogP contribution in [0.2, 0.25) is 0 Å². The molecular weight excluding hydrogens is 463 g/mol. The average molecular weight is 489 g/mol. The van der Waals surface area contributed by atoms with Crippen LogP contribution in [0, 0.1) is 5.92 Å². The highest BCUT2D eigenvalue weighted by molar-refractivity contribution is 7.92. The van der Waals surface area contributed by atoms with Gasteiger partial charge in [0, 0.05) is 37.7 Å². The number of aromatic nitrogens is 5. The van der Waals surface area contributed by atoms with E-state index < -0.39 is 5.97 Å². The Morgan fingerprint density at radius 2 is 2.12 bits per heavy atom. The molecule has 4 rings (SSSR count). The van der Waals surface area contributed by atoms with Crippen molar-refractivity contribution in [3.63, 3.8) is 0 Å². The largest absolute Gasteiger partial charge is 0.481 e. The van der Waals surface area contributed by atoms with Gasteiger partial charge < -0.3 is 9.90 Å². The monoisotopic (exact) mass is 488 g/mol. The van der Waals surface area contributed by atoms with E-state index in [1.807, 2.05) is 0 Å². The number of fused-ring (bicyclic) bond motifs is 1. The summed E-state index contributed by atoms with van der Waals surface area (Å²) >= 11 is 0.00977. The lowest BCUT2D eigenvalue weighted by atomic mass is 9.95. The number of aliphatic carboxylic acids is 1. The van der Waals surface area contributed by atoms with Crippen molar-refractivity contribution in [2.24, 2.45) is 5.92 Å². The smallest absolute Gasteiger partial charge is 0.305 e. The fourth-order valence-corrected chi connectivity index (χ4v) is 4.95. The first-order chi connectivity index (χ1) is 16.4. The summed E-state index contributed by atoms with van der Waals surface area (Å²) in [6.45, 7) is 0. The second-order valence-corrected chi connectivity index (χ2v) is 8.92. The fraction of sp³-hybridized carbons (Fsp3) is 0.455. The van der Waals surface area contributed by atoms with Crippen LogP contribution in [-0.4, -0.2) is 54.0 Å². The van der Waals surface area contributed by atoms with Crippen LogP contribution >= 0.6 is 12.3 Å². The summed E-state index contributed by atoms with van der Waals surface area (Å²) in [4.78, 5) is 45.1. The molecule has 0 bridgehead atoms.